The van der Waals surface area contributed by atoms with E-state index in [-0.39, 0.29) is 6.04 Å². The normalized spacial score (nSPS) is 12.4. The molecule has 0 amide bonds. The van der Waals surface area contributed by atoms with Crippen LogP contribution in [0.2, 0.25) is 0 Å². The van der Waals surface area contributed by atoms with Gasteiger partial charge in [0, 0.05) is 6.04 Å². The minimum atomic E-state index is -3.43. The molecule has 0 radical (unpaired) electrons. The van der Waals surface area contributed by atoms with Crippen molar-refractivity contribution >= 4 is 43.3 Å². The third-order valence-corrected chi connectivity index (χ3v) is 6.01. The Morgan fingerprint density at radius 1 is 1.42 bits per heavy atom. The number of hydrogen-bond donors (Lipinski definition) is 1. The second-order valence-corrected chi connectivity index (χ2v) is 8.57. The molecule has 1 heterocycles. The smallest absolute Gasteiger partial charge is 0.230 e. The van der Waals surface area contributed by atoms with E-state index in [0.717, 1.165) is 20.3 Å². The largest absolute Gasteiger partial charge is 0.240 e. The van der Waals surface area contributed by atoms with Gasteiger partial charge in [0.25, 0.3) is 0 Å². The van der Waals surface area contributed by atoms with Crippen molar-refractivity contribution in [1.82, 2.24) is 9.71 Å². The molecule has 0 bridgehead atoms. The second-order valence-electron chi connectivity index (χ2n) is 4.32. The van der Waals surface area contributed by atoms with E-state index in [1.165, 1.54) is 11.3 Å². The molecular formula is C12H16N2O2S3. The zero-order valence-electron chi connectivity index (χ0n) is 11.0. The zero-order valence-corrected chi connectivity index (χ0v) is 13.5. The summed E-state index contributed by atoms with van der Waals surface area (Å²) >= 11 is 3.20. The molecule has 1 aromatic carbocycles. The molecule has 0 spiro atoms. The molecule has 1 N–H and O–H groups in total. The van der Waals surface area contributed by atoms with E-state index in [2.05, 4.69) is 16.6 Å². The molecule has 0 saturated heterocycles. The summed E-state index contributed by atoms with van der Waals surface area (Å²) < 4.78 is 28.6. The fourth-order valence-electron chi connectivity index (χ4n) is 1.61. The van der Waals surface area contributed by atoms with Gasteiger partial charge in [0.2, 0.25) is 10.0 Å². The number of thioether (sulfide) groups is 1. The van der Waals surface area contributed by atoms with Crippen LogP contribution in [0.4, 0.5) is 0 Å². The zero-order chi connectivity index (χ0) is 14.0. The molecule has 104 valence electrons. The van der Waals surface area contributed by atoms with Crippen LogP contribution >= 0.6 is 23.1 Å². The number of nitrogens with one attached hydrogen (secondary N) is 1. The maximum atomic E-state index is 12.1. The number of sulfonamides is 1. The molecule has 0 atom stereocenters. The first-order valence-corrected chi connectivity index (χ1v) is 9.26. The van der Waals surface area contributed by atoms with E-state index >= 15 is 0 Å². The molecule has 4 nitrogen and oxygen atoms in total. The van der Waals surface area contributed by atoms with Crippen molar-refractivity contribution in [3.63, 3.8) is 0 Å². The SMILES string of the molecule is CCSc1nc2ccc(S(=O)(=O)NC(C)C)cc2s1. The highest BCUT2D eigenvalue weighted by Crippen LogP contribution is 2.30. The average molecular weight is 316 g/mol. The molecule has 0 aliphatic carbocycles. The maximum absolute atomic E-state index is 12.1. The summed E-state index contributed by atoms with van der Waals surface area (Å²) in [5.74, 6) is 0.958. The lowest BCUT2D eigenvalue weighted by Gasteiger charge is -2.09. The van der Waals surface area contributed by atoms with E-state index in [0.29, 0.717) is 4.90 Å². The van der Waals surface area contributed by atoms with Crippen LogP contribution in [0.25, 0.3) is 10.2 Å². The molecule has 0 unspecified atom stereocenters. The number of nitrogens with zero attached hydrogens (tertiary/aromatic N) is 1. The van der Waals surface area contributed by atoms with Crippen molar-refractivity contribution in [2.45, 2.75) is 36.0 Å². The van der Waals surface area contributed by atoms with E-state index < -0.39 is 10.0 Å². The summed E-state index contributed by atoms with van der Waals surface area (Å²) in [6.45, 7) is 5.68. The minimum Gasteiger partial charge on any atom is -0.230 e. The van der Waals surface area contributed by atoms with Gasteiger partial charge in [-0.25, -0.2) is 18.1 Å². The van der Waals surface area contributed by atoms with Crippen LogP contribution in [0.3, 0.4) is 0 Å². The van der Waals surface area contributed by atoms with Crippen molar-refractivity contribution in [2.75, 3.05) is 5.75 Å². The first-order chi connectivity index (χ1) is 8.92. The molecule has 0 saturated carbocycles. The Hall–Kier alpha value is -0.630. The van der Waals surface area contributed by atoms with Crippen LogP contribution < -0.4 is 4.72 Å². The van der Waals surface area contributed by atoms with Gasteiger partial charge in [-0.3, -0.25) is 0 Å². The number of hydrogen-bond acceptors (Lipinski definition) is 5. The van der Waals surface area contributed by atoms with Crippen LogP contribution in [0.15, 0.2) is 27.4 Å². The Labute approximate surface area is 121 Å². The second kappa shape index (κ2) is 5.78. The van der Waals surface area contributed by atoms with Crippen LogP contribution in [0.5, 0.6) is 0 Å². The predicted molar refractivity (Wildman–Crippen MR) is 81.5 cm³/mol. The molecule has 7 heteroatoms. The number of aromatic nitrogens is 1. The summed E-state index contributed by atoms with van der Waals surface area (Å²) in [6.07, 6.45) is 0. The van der Waals surface area contributed by atoms with Crippen molar-refractivity contribution in [3.8, 4) is 0 Å². The first kappa shape index (κ1) is 14.8. The quantitative estimate of drug-likeness (QED) is 0.861. The fourth-order valence-corrected chi connectivity index (χ4v) is 4.97. The van der Waals surface area contributed by atoms with E-state index in [1.807, 2.05) is 0 Å². The van der Waals surface area contributed by atoms with Gasteiger partial charge in [0.05, 0.1) is 15.1 Å². The maximum Gasteiger partial charge on any atom is 0.240 e. The number of thiazole rings is 1. The van der Waals surface area contributed by atoms with Gasteiger partial charge in [-0.2, -0.15) is 0 Å². The van der Waals surface area contributed by atoms with Crippen LogP contribution in [0, 0.1) is 0 Å². The highest BCUT2D eigenvalue weighted by Gasteiger charge is 2.16. The Morgan fingerprint density at radius 2 is 2.16 bits per heavy atom. The van der Waals surface area contributed by atoms with Crippen LogP contribution in [0.1, 0.15) is 20.8 Å². The topological polar surface area (TPSA) is 59.1 Å². The lowest BCUT2D eigenvalue weighted by molar-refractivity contribution is 0.570. The Kier molecular flexibility index (Phi) is 4.50. The number of benzene rings is 1. The van der Waals surface area contributed by atoms with Gasteiger partial charge in [-0.1, -0.05) is 18.7 Å². The summed E-state index contributed by atoms with van der Waals surface area (Å²) in [7, 11) is -3.43. The third-order valence-electron chi connectivity index (χ3n) is 2.31. The molecule has 1 aromatic heterocycles. The average Bonchev–Trinajstić information content (AvgIpc) is 2.68. The van der Waals surface area contributed by atoms with Crippen molar-refractivity contribution in [1.29, 1.82) is 0 Å². The lowest BCUT2D eigenvalue weighted by atomic mass is 10.3. The standard InChI is InChI=1S/C12H16N2O2S3/c1-4-17-12-13-10-6-5-9(7-11(10)18-12)19(15,16)14-8(2)3/h5-8,14H,4H2,1-3H3. The summed E-state index contributed by atoms with van der Waals surface area (Å²) in [4.78, 5) is 4.75. The summed E-state index contributed by atoms with van der Waals surface area (Å²) in [6, 6.07) is 4.94. The molecule has 0 aliphatic rings. The van der Waals surface area contributed by atoms with Gasteiger partial charge in [0.1, 0.15) is 0 Å². The summed E-state index contributed by atoms with van der Waals surface area (Å²) in [5, 5.41) is 0. The van der Waals surface area contributed by atoms with Gasteiger partial charge >= 0.3 is 0 Å². The highest BCUT2D eigenvalue weighted by atomic mass is 32.2. The Morgan fingerprint density at radius 3 is 2.79 bits per heavy atom. The van der Waals surface area contributed by atoms with Crippen molar-refractivity contribution in [3.05, 3.63) is 18.2 Å². The van der Waals surface area contributed by atoms with Gasteiger partial charge in [0.15, 0.2) is 4.34 Å². The Balaban J connectivity index is 2.41. The molecule has 2 aromatic rings. The van der Waals surface area contributed by atoms with E-state index in [4.69, 9.17) is 0 Å². The highest BCUT2D eigenvalue weighted by molar-refractivity contribution is 8.01. The molecule has 19 heavy (non-hydrogen) atoms. The lowest BCUT2D eigenvalue weighted by Crippen LogP contribution is -2.30. The number of fused-ring (bicyclic) bond motifs is 1. The number of rotatable bonds is 5. The van der Waals surface area contributed by atoms with Gasteiger partial charge < -0.3 is 0 Å². The Bertz CT molecular complexity index is 677. The van der Waals surface area contributed by atoms with E-state index in [9.17, 15) is 8.42 Å². The molecular weight excluding hydrogens is 300 g/mol. The molecule has 0 aliphatic heterocycles. The van der Waals surface area contributed by atoms with E-state index in [1.54, 1.807) is 43.8 Å². The van der Waals surface area contributed by atoms with Gasteiger partial charge in [-0.05, 0) is 37.8 Å². The molecule has 2 rings (SSSR count). The minimum absolute atomic E-state index is 0.117. The van der Waals surface area contributed by atoms with Crippen LogP contribution in [-0.2, 0) is 10.0 Å². The predicted octanol–water partition coefficient (Wildman–Crippen LogP) is 3.10. The molecule has 0 fully saturated rings. The van der Waals surface area contributed by atoms with Crippen molar-refractivity contribution in [2.24, 2.45) is 0 Å². The first-order valence-electron chi connectivity index (χ1n) is 5.98. The summed E-state index contributed by atoms with van der Waals surface area (Å²) in [5.41, 5.74) is 0.851. The third kappa shape index (κ3) is 3.47. The fraction of sp³-hybridized carbons (Fsp3) is 0.417. The van der Waals surface area contributed by atoms with Crippen LogP contribution in [-0.4, -0.2) is 25.2 Å². The van der Waals surface area contributed by atoms with Gasteiger partial charge in [-0.15, -0.1) is 11.3 Å². The monoisotopic (exact) mass is 316 g/mol. The van der Waals surface area contributed by atoms with Crippen molar-refractivity contribution < 1.29 is 8.42 Å².